The second kappa shape index (κ2) is 4.00. The largest absolute Gasteiger partial charge is 0.381 e. The number of nitrogens with zero attached hydrogens (tertiary/aromatic N) is 1. The Morgan fingerprint density at radius 2 is 2.29 bits per heavy atom. The van der Waals surface area contributed by atoms with E-state index in [2.05, 4.69) is 4.98 Å². The third kappa shape index (κ3) is 1.86. The van der Waals surface area contributed by atoms with E-state index in [0.717, 1.165) is 17.7 Å². The van der Waals surface area contributed by atoms with Crippen molar-refractivity contribution < 1.29 is 9.53 Å². The summed E-state index contributed by atoms with van der Waals surface area (Å²) in [7, 11) is 0. The normalized spacial score (nSPS) is 22.8. The van der Waals surface area contributed by atoms with Gasteiger partial charge in [-0.2, -0.15) is 0 Å². The molecule has 17 heavy (non-hydrogen) atoms. The molecule has 3 rings (SSSR count). The lowest BCUT2D eigenvalue weighted by molar-refractivity contribution is -0.136. The fourth-order valence-corrected chi connectivity index (χ4v) is 2.43. The van der Waals surface area contributed by atoms with E-state index < -0.39 is 0 Å². The van der Waals surface area contributed by atoms with Crippen LogP contribution in [0.2, 0.25) is 0 Å². The van der Waals surface area contributed by atoms with Crippen LogP contribution >= 0.6 is 0 Å². The average molecular weight is 234 g/mol. The number of pyridine rings is 1. The summed E-state index contributed by atoms with van der Waals surface area (Å²) in [6.07, 6.45) is 0.808. The molecule has 3 heterocycles. The first-order valence-corrected chi connectivity index (χ1v) is 5.81. The van der Waals surface area contributed by atoms with Gasteiger partial charge in [0.15, 0.2) is 0 Å². The third-order valence-electron chi connectivity index (χ3n) is 3.40. The van der Waals surface area contributed by atoms with Crippen molar-refractivity contribution >= 4 is 5.91 Å². The maximum absolute atomic E-state index is 12.2. The number of aromatic amines is 1. The molecule has 5 heteroatoms. The van der Waals surface area contributed by atoms with Gasteiger partial charge in [0, 0.05) is 24.9 Å². The molecule has 1 aromatic heterocycles. The van der Waals surface area contributed by atoms with Crippen LogP contribution in [0, 0.1) is 5.92 Å². The van der Waals surface area contributed by atoms with Crippen LogP contribution in [-0.4, -0.2) is 29.0 Å². The SMILES string of the molecule is O=C(C1CCOC1)N1Cc2ccc(=O)[nH]c2C1. The van der Waals surface area contributed by atoms with E-state index in [1.165, 1.54) is 6.07 Å². The van der Waals surface area contributed by atoms with Crippen LogP contribution < -0.4 is 5.56 Å². The molecule has 0 bridgehead atoms. The lowest BCUT2D eigenvalue weighted by atomic mass is 10.1. The Hall–Kier alpha value is -1.62. The molecule has 1 atom stereocenters. The van der Waals surface area contributed by atoms with Gasteiger partial charge in [-0.15, -0.1) is 0 Å². The molecule has 1 saturated heterocycles. The molecule has 5 nitrogen and oxygen atoms in total. The average Bonchev–Trinajstić information content (AvgIpc) is 2.96. The van der Waals surface area contributed by atoms with Gasteiger partial charge in [0.2, 0.25) is 11.5 Å². The number of carbonyl (C=O) groups is 1. The highest BCUT2D eigenvalue weighted by molar-refractivity contribution is 5.79. The van der Waals surface area contributed by atoms with Gasteiger partial charge < -0.3 is 14.6 Å². The van der Waals surface area contributed by atoms with Crippen LogP contribution in [0.15, 0.2) is 16.9 Å². The zero-order valence-corrected chi connectivity index (χ0v) is 9.44. The Bertz CT molecular complexity index is 503. The van der Waals surface area contributed by atoms with Gasteiger partial charge >= 0.3 is 0 Å². The molecule has 1 amide bonds. The minimum atomic E-state index is -0.109. The summed E-state index contributed by atoms with van der Waals surface area (Å²) in [6, 6.07) is 3.30. The number of rotatable bonds is 1. The number of aromatic nitrogens is 1. The predicted molar refractivity (Wildman–Crippen MR) is 60.2 cm³/mol. The Morgan fingerprint density at radius 3 is 3.06 bits per heavy atom. The Kier molecular flexibility index (Phi) is 2.48. The number of hydrogen-bond donors (Lipinski definition) is 1. The summed E-state index contributed by atoms with van der Waals surface area (Å²) in [4.78, 5) is 27.9. The fraction of sp³-hybridized carbons (Fsp3) is 0.500. The van der Waals surface area contributed by atoms with Crippen molar-refractivity contribution in [3.05, 3.63) is 33.7 Å². The van der Waals surface area contributed by atoms with E-state index in [1.54, 1.807) is 11.0 Å². The minimum Gasteiger partial charge on any atom is -0.381 e. The van der Waals surface area contributed by atoms with Crippen molar-refractivity contribution in [3.8, 4) is 0 Å². The summed E-state index contributed by atoms with van der Waals surface area (Å²) in [5.74, 6) is 0.135. The number of carbonyl (C=O) groups excluding carboxylic acids is 1. The van der Waals surface area contributed by atoms with E-state index in [-0.39, 0.29) is 17.4 Å². The molecule has 0 spiro atoms. The maximum Gasteiger partial charge on any atom is 0.248 e. The predicted octanol–water partition coefficient (Wildman–Crippen LogP) is 0.254. The second-order valence-electron chi connectivity index (χ2n) is 4.58. The zero-order chi connectivity index (χ0) is 11.8. The van der Waals surface area contributed by atoms with E-state index in [1.807, 2.05) is 0 Å². The van der Waals surface area contributed by atoms with Gasteiger partial charge in [-0.25, -0.2) is 0 Å². The number of fused-ring (bicyclic) bond motifs is 1. The van der Waals surface area contributed by atoms with Crippen LogP contribution in [0.5, 0.6) is 0 Å². The molecule has 2 aliphatic heterocycles. The minimum absolute atomic E-state index is 0.00367. The van der Waals surface area contributed by atoms with Gasteiger partial charge in [0.1, 0.15) is 0 Å². The van der Waals surface area contributed by atoms with Crippen LogP contribution in [0.1, 0.15) is 17.7 Å². The van der Waals surface area contributed by atoms with Crippen LogP contribution in [0.3, 0.4) is 0 Å². The van der Waals surface area contributed by atoms with Crippen LogP contribution in [0.4, 0.5) is 0 Å². The van der Waals surface area contributed by atoms with Crippen LogP contribution in [-0.2, 0) is 22.6 Å². The maximum atomic E-state index is 12.2. The standard InChI is InChI=1S/C12H14N2O3/c15-11-2-1-8-5-14(6-10(8)13-11)12(16)9-3-4-17-7-9/h1-2,9H,3-7H2,(H,13,15). The van der Waals surface area contributed by atoms with Crippen LogP contribution in [0.25, 0.3) is 0 Å². The van der Waals surface area contributed by atoms with Crippen molar-refractivity contribution in [2.45, 2.75) is 19.5 Å². The molecule has 1 fully saturated rings. The van der Waals surface area contributed by atoms with E-state index in [0.29, 0.717) is 26.3 Å². The van der Waals surface area contributed by atoms with Gasteiger partial charge in [0.05, 0.1) is 19.1 Å². The van der Waals surface area contributed by atoms with Crippen molar-refractivity contribution in [1.29, 1.82) is 0 Å². The molecule has 1 N–H and O–H groups in total. The molecular weight excluding hydrogens is 220 g/mol. The molecule has 0 aromatic carbocycles. The Balaban J connectivity index is 1.77. The van der Waals surface area contributed by atoms with Crippen molar-refractivity contribution in [3.63, 3.8) is 0 Å². The third-order valence-corrected chi connectivity index (χ3v) is 3.40. The first-order valence-electron chi connectivity index (χ1n) is 5.81. The first-order chi connectivity index (χ1) is 8.24. The van der Waals surface area contributed by atoms with Gasteiger partial charge in [0.25, 0.3) is 0 Å². The molecular formula is C12H14N2O3. The molecule has 90 valence electrons. The summed E-state index contributed by atoms with van der Waals surface area (Å²) in [5.41, 5.74) is 1.80. The van der Waals surface area contributed by atoms with Crippen molar-refractivity contribution in [2.24, 2.45) is 5.92 Å². The lowest BCUT2D eigenvalue weighted by Gasteiger charge is -2.18. The number of nitrogens with one attached hydrogen (secondary N) is 1. The molecule has 0 aliphatic carbocycles. The van der Waals surface area contributed by atoms with Gasteiger partial charge in [-0.3, -0.25) is 9.59 Å². The summed E-state index contributed by atoms with van der Waals surface area (Å²) < 4.78 is 5.23. The monoisotopic (exact) mass is 234 g/mol. The molecule has 0 saturated carbocycles. The number of H-pyrrole nitrogens is 1. The van der Waals surface area contributed by atoms with E-state index in [4.69, 9.17) is 4.74 Å². The molecule has 1 aromatic rings. The first kappa shape index (κ1) is 10.5. The summed E-state index contributed by atoms with van der Waals surface area (Å²) in [5, 5.41) is 0. The highest BCUT2D eigenvalue weighted by atomic mass is 16.5. The van der Waals surface area contributed by atoms with E-state index in [9.17, 15) is 9.59 Å². The Labute approximate surface area is 98.4 Å². The fourth-order valence-electron chi connectivity index (χ4n) is 2.43. The number of amides is 1. The summed E-state index contributed by atoms with van der Waals surface area (Å²) in [6.45, 7) is 2.32. The number of hydrogen-bond acceptors (Lipinski definition) is 3. The van der Waals surface area contributed by atoms with Crippen molar-refractivity contribution in [1.82, 2.24) is 9.88 Å². The molecule has 1 unspecified atom stereocenters. The quantitative estimate of drug-likeness (QED) is 0.757. The number of ether oxygens (including phenoxy) is 1. The summed E-state index contributed by atoms with van der Waals surface area (Å²) >= 11 is 0. The topological polar surface area (TPSA) is 62.4 Å². The van der Waals surface area contributed by atoms with Gasteiger partial charge in [-0.05, 0) is 18.1 Å². The molecule has 0 radical (unpaired) electrons. The lowest BCUT2D eigenvalue weighted by Crippen LogP contribution is -2.32. The highest BCUT2D eigenvalue weighted by Crippen LogP contribution is 2.24. The van der Waals surface area contributed by atoms with E-state index >= 15 is 0 Å². The van der Waals surface area contributed by atoms with Gasteiger partial charge in [-0.1, -0.05) is 0 Å². The highest BCUT2D eigenvalue weighted by Gasteiger charge is 2.31. The molecule has 2 aliphatic rings. The smallest absolute Gasteiger partial charge is 0.248 e. The second-order valence-corrected chi connectivity index (χ2v) is 4.58. The Morgan fingerprint density at radius 1 is 1.41 bits per heavy atom. The zero-order valence-electron chi connectivity index (χ0n) is 9.44. The van der Waals surface area contributed by atoms with Crippen molar-refractivity contribution in [2.75, 3.05) is 13.2 Å².